The van der Waals surface area contributed by atoms with Crippen LogP contribution in [-0.2, 0) is 26.9 Å². The van der Waals surface area contributed by atoms with Crippen molar-refractivity contribution in [3.05, 3.63) is 65.2 Å². The molecule has 0 unspecified atom stereocenters. The Morgan fingerprint density at radius 2 is 1.70 bits per heavy atom. The van der Waals surface area contributed by atoms with Gasteiger partial charge in [0.25, 0.3) is 0 Å². The molecule has 0 aliphatic rings. The van der Waals surface area contributed by atoms with Crippen LogP contribution in [0.2, 0.25) is 0 Å². The predicted molar refractivity (Wildman–Crippen MR) is 105 cm³/mol. The van der Waals surface area contributed by atoms with E-state index in [0.717, 1.165) is 12.1 Å². The summed E-state index contributed by atoms with van der Waals surface area (Å²) in [4.78, 5) is 35.8. The third-order valence-electron chi connectivity index (χ3n) is 4.05. The number of nitrogens with one attached hydrogen (secondary N) is 1. The van der Waals surface area contributed by atoms with Crippen LogP contribution in [0.3, 0.4) is 0 Å². The summed E-state index contributed by atoms with van der Waals surface area (Å²) in [6, 6.07) is 10.5. The summed E-state index contributed by atoms with van der Waals surface area (Å²) in [6.07, 6.45) is -4.50. The number of ketones is 1. The number of Topliss-reactive ketones (excluding diaryl/α,β-unsaturated/α-hetero) is 1. The van der Waals surface area contributed by atoms with E-state index in [1.54, 1.807) is 12.1 Å². The van der Waals surface area contributed by atoms with Crippen LogP contribution in [0, 0.1) is 5.92 Å². The average Bonchev–Trinajstić information content (AvgIpc) is 2.65. The van der Waals surface area contributed by atoms with Gasteiger partial charge in [0.2, 0.25) is 5.91 Å². The highest BCUT2D eigenvalue weighted by atomic mass is 19.4. The zero-order valence-electron chi connectivity index (χ0n) is 16.6. The minimum absolute atomic E-state index is 0.132. The molecule has 160 valence electrons. The highest BCUT2D eigenvalue weighted by Gasteiger charge is 2.30. The van der Waals surface area contributed by atoms with E-state index in [9.17, 15) is 27.6 Å². The van der Waals surface area contributed by atoms with E-state index >= 15 is 0 Å². The summed E-state index contributed by atoms with van der Waals surface area (Å²) < 4.78 is 43.0. The summed E-state index contributed by atoms with van der Waals surface area (Å²) in [6.45, 7) is 3.32. The van der Waals surface area contributed by atoms with Crippen molar-refractivity contribution in [3.63, 3.8) is 0 Å². The van der Waals surface area contributed by atoms with Crippen LogP contribution in [0.15, 0.2) is 48.5 Å². The minimum Gasteiger partial charge on any atom is -0.457 e. The average molecular weight is 421 g/mol. The van der Waals surface area contributed by atoms with Gasteiger partial charge < -0.3 is 10.1 Å². The van der Waals surface area contributed by atoms with Crippen molar-refractivity contribution in [3.8, 4) is 0 Å². The van der Waals surface area contributed by atoms with Gasteiger partial charge in [0.15, 0.2) is 12.4 Å². The van der Waals surface area contributed by atoms with Crippen LogP contribution >= 0.6 is 0 Å². The number of carbonyl (C=O) groups is 3. The van der Waals surface area contributed by atoms with Gasteiger partial charge in [-0.05, 0) is 41.8 Å². The maximum Gasteiger partial charge on any atom is 0.416 e. The van der Waals surface area contributed by atoms with Crippen molar-refractivity contribution < 1.29 is 32.3 Å². The zero-order valence-corrected chi connectivity index (χ0v) is 16.6. The molecule has 5 nitrogen and oxygen atoms in total. The molecule has 0 aliphatic carbocycles. The summed E-state index contributed by atoms with van der Waals surface area (Å²) in [5, 5.41) is 2.72. The van der Waals surface area contributed by atoms with Gasteiger partial charge in [0, 0.05) is 17.7 Å². The fraction of sp³-hybridized carbons (Fsp3) is 0.318. The number of halogens is 3. The predicted octanol–water partition coefficient (Wildman–Crippen LogP) is 4.66. The summed E-state index contributed by atoms with van der Waals surface area (Å²) in [5.74, 6) is -1.18. The van der Waals surface area contributed by atoms with E-state index in [1.807, 2.05) is 13.8 Å². The lowest BCUT2D eigenvalue weighted by Crippen LogP contribution is -2.16. The summed E-state index contributed by atoms with van der Waals surface area (Å²) in [5.41, 5.74) is 0.107. The number of rotatable bonds is 8. The summed E-state index contributed by atoms with van der Waals surface area (Å²) >= 11 is 0. The fourth-order valence-corrected chi connectivity index (χ4v) is 2.63. The number of anilines is 1. The van der Waals surface area contributed by atoms with E-state index in [2.05, 4.69) is 5.32 Å². The fourth-order valence-electron chi connectivity index (χ4n) is 2.63. The molecule has 1 amide bonds. The Labute approximate surface area is 172 Å². The third kappa shape index (κ3) is 7.35. The van der Waals surface area contributed by atoms with Crippen LogP contribution in [0.1, 0.15) is 41.8 Å². The van der Waals surface area contributed by atoms with Crippen molar-refractivity contribution in [1.82, 2.24) is 0 Å². The molecule has 1 N–H and O–H groups in total. The maximum absolute atomic E-state index is 12.7. The van der Waals surface area contributed by atoms with E-state index in [4.69, 9.17) is 4.74 Å². The SMILES string of the molecule is CC(C)CC(=O)Nc1ccc(C(=O)COC(=O)Cc2cccc(C(F)(F)F)c2)cc1. The van der Waals surface area contributed by atoms with Crippen LogP contribution in [0.5, 0.6) is 0 Å². The van der Waals surface area contributed by atoms with Crippen LogP contribution < -0.4 is 5.32 Å². The van der Waals surface area contributed by atoms with Crippen molar-refractivity contribution in [2.75, 3.05) is 11.9 Å². The molecule has 0 bridgehead atoms. The number of amides is 1. The Balaban J connectivity index is 1.86. The molecule has 0 aliphatic heterocycles. The van der Waals surface area contributed by atoms with Crippen molar-refractivity contribution in [1.29, 1.82) is 0 Å². The molecule has 30 heavy (non-hydrogen) atoms. The number of alkyl halides is 3. The van der Waals surface area contributed by atoms with E-state index in [-0.39, 0.29) is 29.4 Å². The first-order valence-corrected chi connectivity index (χ1v) is 9.29. The molecular formula is C22H22F3NO4. The highest BCUT2D eigenvalue weighted by Crippen LogP contribution is 2.29. The number of ether oxygens (including phenoxy) is 1. The van der Waals surface area contributed by atoms with Crippen LogP contribution in [0.4, 0.5) is 18.9 Å². The largest absolute Gasteiger partial charge is 0.457 e. The van der Waals surface area contributed by atoms with Crippen molar-refractivity contribution >= 4 is 23.3 Å². The number of esters is 1. The van der Waals surface area contributed by atoms with Gasteiger partial charge >= 0.3 is 12.1 Å². The van der Waals surface area contributed by atoms with E-state index in [1.165, 1.54) is 24.3 Å². The second-order valence-electron chi connectivity index (χ2n) is 7.18. The quantitative estimate of drug-likeness (QED) is 0.497. The molecule has 0 radical (unpaired) electrons. The Bertz CT molecular complexity index is 905. The Morgan fingerprint density at radius 1 is 1.03 bits per heavy atom. The van der Waals surface area contributed by atoms with Crippen molar-refractivity contribution in [2.24, 2.45) is 5.92 Å². The Kier molecular flexibility index (Phi) is 7.74. The van der Waals surface area contributed by atoms with E-state index < -0.39 is 30.1 Å². The van der Waals surface area contributed by atoms with Gasteiger partial charge in [-0.1, -0.05) is 32.0 Å². The first-order valence-electron chi connectivity index (χ1n) is 9.29. The number of carbonyl (C=O) groups excluding carboxylic acids is 3. The first-order chi connectivity index (χ1) is 14.0. The van der Waals surface area contributed by atoms with E-state index in [0.29, 0.717) is 12.1 Å². The Hall–Kier alpha value is -3.16. The second-order valence-corrected chi connectivity index (χ2v) is 7.18. The number of hydrogen-bond acceptors (Lipinski definition) is 4. The molecule has 0 fully saturated rings. The third-order valence-corrected chi connectivity index (χ3v) is 4.05. The highest BCUT2D eigenvalue weighted by molar-refractivity contribution is 5.99. The van der Waals surface area contributed by atoms with Gasteiger partial charge in [-0.3, -0.25) is 14.4 Å². The standard InChI is InChI=1S/C22H22F3NO4/c1-14(2)10-20(28)26-18-8-6-16(7-9-18)19(27)13-30-21(29)12-15-4-3-5-17(11-15)22(23,24)25/h3-9,11,14H,10,12-13H2,1-2H3,(H,26,28). The Morgan fingerprint density at radius 3 is 2.30 bits per heavy atom. The smallest absolute Gasteiger partial charge is 0.416 e. The molecule has 2 aromatic rings. The minimum atomic E-state index is -4.50. The van der Waals surface area contributed by atoms with Gasteiger partial charge in [-0.15, -0.1) is 0 Å². The van der Waals surface area contributed by atoms with Gasteiger partial charge in [0.1, 0.15) is 0 Å². The molecule has 0 saturated carbocycles. The molecule has 0 spiro atoms. The molecule has 8 heteroatoms. The van der Waals surface area contributed by atoms with Gasteiger partial charge in [-0.2, -0.15) is 13.2 Å². The normalized spacial score (nSPS) is 11.3. The zero-order chi connectivity index (χ0) is 22.3. The lowest BCUT2D eigenvalue weighted by Gasteiger charge is -2.09. The molecule has 2 aromatic carbocycles. The van der Waals surface area contributed by atoms with Gasteiger partial charge in [-0.25, -0.2) is 0 Å². The molecule has 2 rings (SSSR count). The lowest BCUT2D eigenvalue weighted by atomic mass is 10.1. The monoisotopic (exact) mass is 421 g/mol. The molecule has 0 saturated heterocycles. The first kappa shape index (κ1) is 23.1. The summed E-state index contributed by atoms with van der Waals surface area (Å²) in [7, 11) is 0. The molecular weight excluding hydrogens is 399 g/mol. The molecule has 0 heterocycles. The maximum atomic E-state index is 12.7. The second kappa shape index (κ2) is 10.0. The topological polar surface area (TPSA) is 72.5 Å². The van der Waals surface area contributed by atoms with Crippen LogP contribution in [-0.4, -0.2) is 24.3 Å². The van der Waals surface area contributed by atoms with Gasteiger partial charge in [0.05, 0.1) is 12.0 Å². The van der Waals surface area contributed by atoms with Crippen LogP contribution in [0.25, 0.3) is 0 Å². The number of benzene rings is 2. The molecule has 0 atom stereocenters. The van der Waals surface area contributed by atoms with Crippen molar-refractivity contribution in [2.45, 2.75) is 32.9 Å². The molecule has 0 aromatic heterocycles. The number of hydrogen-bond donors (Lipinski definition) is 1. The lowest BCUT2D eigenvalue weighted by molar-refractivity contribution is -0.142.